The third-order valence-electron chi connectivity index (χ3n) is 4.04. The molecule has 3 aromatic heterocycles. The number of aliphatic hydroxyl groups is 1. The Labute approximate surface area is 181 Å². The normalized spacial score (nSPS) is 12.3. The van der Waals surface area contributed by atoms with Gasteiger partial charge >= 0.3 is 12.1 Å². The zero-order valence-corrected chi connectivity index (χ0v) is 18.0. The summed E-state index contributed by atoms with van der Waals surface area (Å²) in [6, 6.07) is 7.03. The van der Waals surface area contributed by atoms with Gasteiger partial charge in [-0.15, -0.1) is 0 Å². The van der Waals surface area contributed by atoms with Crippen LogP contribution in [0, 0.1) is 6.92 Å². The highest BCUT2D eigenvalue weighted by Crippen LogP contribution is 2.28. The van der Waals surface area contributed by atoms with Crippen molar-refractivity contribution in [3.8, 4) is 11.1 Å². The summed E-state index contributed by atoms with van der Waals surface area (Å²) in [5.74, 6) is -2.76. The van der Waals surface area contributed by atoms with E-state index in [0.717, 1.165) is 27.9 Å². The number of carbonyl (C=O) groups is 1. The predicted octanol–water partition coefficient (Wildman–Crippen LogP) is 2.62. The van der Waals surface area contributed by atoms with Crippen molar-refractivity contribution < 1.29 is 36.6 Å². The Morgan fingerprint density at radius 1 is 1.19 bits per heavy atom. The summed E-state index contributed by atoms with van der Waals surface area (Å²) < 4.78 is 58.9. The number of rotatable bonds is 5. The summed E-state index contributed by atoms with van der Waals surface area (Å²) in [5, 5.41) is 17.2. The van der Waals surface area contributed by atoms with Gasteiger partial charge in [-0.2, -0.15) is 13.2 Å². The second-order valence-electron chi connectivity index (χ2n) is 7.41. The lowest BCUT2D eigenvalue weighted by atomic mass is 10.1. The summed E-state index contributed by atoms with van der Waals surface area (Å²) in [6.45, 7) is 4.84. The smallest absolute Gasteiger partial charge is 0.475 e. The number of aliphatic hydroxyl groups excluding tert-OH is 1. The summed E-state index contributed by atoms with van der Waals surface area (Å²) in [5.41, 5.74) is 2.54. The molecule has 4 N–H and O–H groups in total. The zero-order chi connectivity index (χ0) is 24.3. The zero-order valence-electron chi connectivity index (χ0n) is 17.2. The van der Waals surface area contributed by atoms with Crippen LogP contribution in [0.3, 0.4) is 0 Å². The highest BCUT2D eigenvalue weighted by molar-refractivity contribution is 7.89. The maximum atomic E-state index is 12.4. The molecule has 0 aromatic carbocycles. The lowest BCUT2D eigenvalue weighted by molar-refractivity contribution is -0.192. The minimum absolute atomic E-state index is 0.0895. The number of carboxylic acid groups (broad SMARTS) is 1. The largest absolute Gasteiger partial charge is 0.490 e. The molecule has 0 aliphatic heterocycles. The van der Waals surface area contributed by atoms with E-state index in [0.29, 0.717) is 0 Å². The van der Waals surface area contributed by atoms with Gasteiger partial charge in [0.05, 0.1) is 12.1 Å². The molecule has 0 amide bonds. The number of aromatic amines is 1. The first kappa shape index (κ1) is 25.2. The second kappa shape index (κ2) is 9.22. The maximum absolute atomic E-state index is 12.4. The molecule has 3 heterocycles. The van der Waals surface area contributed by atoms with Crippen molar-refractivity contribution in [3.05, 3.63) is 42.4 Å². The Morgan fingerprint density at radius 3 is 2.31 bits per heavy atom. The quantitative estimate of drug-likeness (QED) is 0.445. The summed E-state index contributed by atoms with van der Waals surface area (Å²) in [7, 11) is -3.81. The van der Waals surface area contributed by atoms with E-state index in [9.17, 15) is 26.7 Å². The van der Waals surface area contributed by atoms with Gasteiger partial charge in [-0.3, -0.25) is 0 Å². The van der Waals surface area contributed by atoms with Crippen molar-refractivity contribution in [2.45, 2.75) is 37.5 Å². The first-order valence-corrected chi connectivity index (χ1v) is 10.5. The minimum Gasteiger partial charge on any atom is -0.475 e. The van der Waals surface area contributed by atoms with Crippen molar-refractivity contribution in [2.24, 2.45) is 0 Å². The molecule has 0 saturated heterocycles. The van der Waals surface area contributed by atoms with Crippen molar-refractivity contribution in [3.63, 3.8) is 0 Å². The average molecular weight is 474 g/mol. The fraction of sp³-hybridized carbons (Fsp3) is 0.316. The first-order valence-electron chi connectivity index (χ1n) is 9.02. The highest BCUT2D eigenvalue weighted by atomic mass is 32.2. The average Bonchev–Trinajstić information content (AvgIpc) is 3.07. The van der Waals surface area contributed by atoms with Gasteiger partial charge in [0, 0.05) is 29.0 Å². The molecule has 3 rings (SSSR count). The van der Waals surface area contributed by atoms with Crippen LogP contribution in [-0.4, -0.2) is 57.9 Å². The fourth-order valence-corrected chi connectivity index (χ4v) is 3.89. The molecule has 0 aliphatic rings. The third kappa shape index (κ3) is 6.24. The molecule has 0 unspecified atom stereocenters. The predicted molar refractivity (Wildman–Crippen MR) is 109 cm³/mol. The van der Waals surface area contributed by atoms with Gasteiger partial charge in [0.15, 0.2) is 5.03 Å². The Kier molecular flexibility index (Phi) is 7.27. The highest BCUT2D eigenvalue weighted by Gasteiger charge is 2.38. The number of aryl methyl sites for hydroxylation is 1. The molecule has 0 atom stereocenters. The van der Waals surface area contributed by atoms with Crippen molar-refractivity contribution >= 4 is 27.0 Å². The van der Waals surface area contributed by atoms with Crippen LogP contribution in [-0.2, 0) is 14.8 Å². The first-order chi connectivity index (χ1) is 14.7. The lowest BCUT2D eigenvalue weighted by Crippen LogP contribution is -2.46. The van der Waals surface area contributed by atoms with E-state index in [1.807, 2.05) is 19.1 Å². The number of sulfonamides is 1. The number of nitrogens with one attached hydrogen (secondary N) is 2. The number of alkyl halides is 3. The van der Waals surface area contributed by atoms with Crippen molar-refractivity contribution in [2.75, 3.05) is 6.61 Å². The molecule has 0 aliphatic carbocycles. The van der Waals surface area contributed by atoms with E-state index < -0.39 is 27.7 Å². The molecule has 32 heavy (non-hydrogen) atoms. The number of nitrogens with zero attached hydrogens (tertiary/aromatic N) is 2. The maximum Gasteiger partial charge on any atom is 0.490 e. The van der Waals surface area contributed by atoms with Gasteiger partial charge in [-0.05, 0) is 50.6 Å². The summed E-state index contributed by atoms with van der Waals surface area (Å²) in [6.07, 6.45) is -1.86. The Hall–Kier alpha value is -3.03. The van der Waals surface area contributed by atoms with Crippen molar-refractivity contribution in [1.82, 2.24) is 19.7 Å². The van der Waals surface area contributed by atoms with E-state index in [1.165, 1.54) is 12.3 Å². The number of halogens is 3. The Morgan fingerprint density at radius 2 is 1.81 bits per heavy atom. The van der Waals surface area contributed by atoms with E-state index in [4.69, 9.17) is 9.90 Å². The number of pyridine rings is 2. The van der Waals surface area contributed by atoms with Gasteiger partial charge in [-0.1, -0.05) is 0 Å². The number of carboxylic acids is 1. The molecule has 0 bridgehead atoms. The van der Waals surface area contributed by atoms with Gasteiger partial charge in [0.25, 0.3) is 10.0 Å². The Balaban J connectivity index is 0.000000451. The SMILES string of the molecule is Cc1cc2c(-c3ccc(S(=O)(=O)NC(C)(C)CO)nc3)ccnc2[nH]1.O=C(O)C(F)(F)F. The van der Waals surface area contributed by atoms with E-state index in [-0.39, 0.29) is 11.6 Å². The molecular weight excluding hydrogens is 453 g/mol. The summed E-state index contributed by atoms with van der Waals surface area (Å²) in [4.78, 5) is 20.5. The third-order valence-corrected chi connectivity index (χ3v) is 5.65. The van der Waals surface area contributed by atoms with Crippen LogP contribution in [0.25, 0.3) is 22.2 Å². The van der Waals surface area contributed by atoms with Crippen LogP contribution in [0.2, 0.25) is 0 Å². The number of fused-ring (bicyclic) bond motifs is 1. The van der Waals surface area contributed by atoms with Crippen LogP contribution in [0.4, 0.5) is 13.2 Å². The van der Waals surface area contributed by atoms with Crippen LogP contribution < -0.4 is 4.72 Å². The number of aliphatic carboxylic acids is 1. The number of hydrogen-bond donors (Lipinski definition) is 4. The molecule has 174 valence electrons. The van der Waals surface area contributed by atoms with Gasteiger partial charge in [0.2, 0.25) is 0 Å². The molecule has 13 heteroatoms. The monoisotopic (exact) mass is 474 g/mol. The van der Waals surface area contributed by atoms with E-state index in [2.05, 4.69) is 19.7 Å². The molecule has 0 radical (unpaired) electrons. The van der Waals surface area contributed by atoms with Crippen molar-refractivity contribution in [1.29, 1.82) is 0 Å². The Bertz CT molecular complexity index is 1210. The fourth-order valence-electron chi connectivity index (χ4n) is 2.56. The van der Waals surface area contributed by atoms with E-state index >= 15 is 0 Å². The van der Waals surface area contributed by atoms with Crippen LogP contribution >= 0.6 is 0 Å². The number of hydrogen-bond acceptors (Lipinski definition) is 6. The molecular formula is C19H21F3N4O5S. The molecule has 9 nitrogen and oxygen atoms in total. The number of aromatic nitrogens is 3. The van der Waals surface area contributed by atoms with Crippen LogP contribution in [0.5, 0.6) is 0 Å². The topological polar surface area (TPSA) is 145 Å². The van der Waals surface area contributed by atoms with Crippen LogP contribution in [0.15, 0.2) is 41.7 Å². The van der Waals surface area contributed by atoms with Gasteiger partial charge in [0.1, 0.15) is 5.65 Å². The van der Waals surface area contributed by atoms with E-state index in [1.54, 1.807) is 26.1 Å². The molecule has 0 fully saturated rings. The second-order valence-corrected chi connectivity index (χ2v) is 9.04. The molecule has 0 saturated carbocycles. The lowest BCUT2D eigenvalue weighted by Gasteiger charge is -2.22. The van der Waals surface area contributed by atoms with Gasteiger partial charge < -0.3 is 15.2 Å². The summed E-state index contributed by atoms with van der Waals surface area (Å²) >= 11 is 0. The minimum atomic E-state index is -5.08. The van der Waals surface area contributed by atoms with Crippen LogP contribution in [0.1, 0.15) is 19.5 Å². The standard InChI is InChI=1S/C17H20N4O3S.C2HF3O2/c1-11-8-14-13(6-7-18-16(14)20-11)12-4-5-15(19-9-12)25(23,24)21-17(2,3)10-22;3-2(4,5)1(6)7/h4-9,21-22H,10H2,1-3H3,(H,18,20);(H,6,7). The molecule has 3 aromatic rings. The molecule has 0 spiro atoms. The van der Waals surface area contributed by atoms with Gasteiger partial charge in [-0.25, -0.2) is 27.9 Å². The number of H-pyrrole nitrogens is 1.